The molecule has 0 unspecified atom stereocenters. The molecule has 1 atom stereocenters. The van der Waals surface area contributed by atoms with Gasteiger partial charge in [0.25, 0.3) is 5.91 Å². The van der Waals surface area contributed by atoms with E-state index in [9.17, 15) is 18.4 Å². The van der Waals surface area contributed by atoms with Crippen LogP contribution in [0.25, 0.3) is 0 Å². The van der Waals surface area contributed by atoms with E-state index in [1.165, 1.54) is 23.5 Å². The number of hydrogen-bond acceptors (Lipinski definition) is 7. The molecule has 1 aromatic carbocycles. The fourth-order valence-corrected chi connectivity index (χ4v) is 6.07. The van der Waals surface area contributed by atoms with Crippen LogP contribution in [0, 0.1) is 11.8 Å². The predicted octanol–water partition coefficient (Wildman–Crippen LogP) is 3.81. The van der Waals surface area contributed by atoms with Crippen LogP contribution in [0.15, 0.2) is 53.7 Å². The number of carbonyl (C=O) groups is 1. The number of pyridine rings is 1. The third-order valence-corrected chi connectivity index (χ3v) is 8.12. The second-order valence-corrected chi connectivity index (χ2v) is 11.2. The van der Waals surface area contributed by atoms with Gasteiger partial charge < -0.3 is 9.47 Å². The molecule has 0 aliphatic heterocycles. The Balaban J connectivity index is 0.00000456. The molecule has 0 spiro atoms. The summed E-state index contributed by atoms with van der Waals surface area (Å²) in [5.41, 5.74) is 2.40. The van der Waals surface area contributed by atoms with Gasteiger partial charge in [-0.15, -0.1) is 12.4 Å². The van der Waals surface area contributed by atoms with E-state index in [-0.39, 0.29) is 35.9 Å². The lowest BCUT2D eigenvalue weighted by molar-refractivity contribution is -0.136. The largest absolute Gasteiger partial charge is 0.497 e. The summed E-state index contributed by atoms with van der Waals surface area (Å²) < 4.78 is 40.1. The molecule has 3 rings (SSSR count). The zero-order chi connectivity index (χ0) is 25.4. The fourth-order valence-electron chi connectivity index (χ4n) is 4.43. The predicted molar refractivity (Wildman–Crippen MR) is 137 cm³/mol. The second-order valence-electron chi connectivity index (χ2n) is 9.27. The molecule has 1 amide bonds. The first kappa shape index (κ1) is 30.0. The molecule has 1 aromatic heterocycles. The van der Waals surface area contributed by atoms with Crippen molar-refractivity contribution >= 4 is 28.3 Å². The Bertz CT molecular complexity index is 1050. The van der Waals surface area contributed by atoms with Crippen molar-refractivity contribution in [1.29, 1.82) is 0 Å². The summed E-state index contributed by atoms with van der Waals surface area (Å²) in [5.74, 6) is -0.0845. The Morgan fingerprint density at radius 3 is 2.25 bits per heavy atom. The lowest BCUT2D eigenvalue weighted by atomic mass is 9.82. The summed E-state index contributed by atoms with van der Waals surface area (Å²) in [7, 11) is -2.61. The number of sulfonamides is 1. The Morgan fingerprint density at radius 1 is 1.11 bits per heavy atom. The molecule has 9 nitrogen and oxygen atoms in total. The fraction of sp³-hybridized carbons (Fsp3) is 0.520. The Hall–Kier alpha value is -2.24. The van der Waals surface area contributed by atoms with Crippen molar-refractivity contribution in [2.24, 2.45) is 11.8 Å². The molecular weight excluding hydrogens is 506 g/mol. The van der Waals surface area contributed by atoms with E-state index in [1.807, 2.05) is 0 Å². The van der Waals surface area contributed by atoms with Gasteiger partial charge in [-0.2, -0.15) is 4.31 Å². The van der Waals surface area contributed by atoms with Crippen LogP contribution in [0.4, 0.5) is 0 Å². The van der Waals surface area contributed by atoms with Crippen LogP contribution in [0.2, 0.25) is 0 Å². The van der Waals surface area contributed by atoms with Gasteiger partial charge in [-0.05, 0) is 79.5 Å². The maximum absolute atomic E-state index is 13.9. The van der Waals surface area contributed by atoms with E-state index >= 15 is 0 Å². The van der Waals surface area contributed by atoms with Crippen molar-refractivity contribution in [3.8, 4) is 5.75 Å². The number of halogens is 1. The number of hydrogen-bond donors (Lipinski definition) is 2. The lowest BCUT2D eigenvalue weighted by Crippen LogP contribution is -2.53. The average Bonchev–Trinajstić information content (AvgIpc) is 2.88. The van der Waals surface area contributed by atoms with Gasteiger partial charge in [0.2, 0.25) is 10.0 Å². The van der Waals surface area contributed by atoms with Gasteiger partial charge in [-0.25, -0.2) is 13.9 Å². The average molecular weight is 542 g/mol. The third-order valence-electron chi connectivity index (χ3n) is 6.27. The molecule has 1 aliphatic rings. The van der Waals surface area contributed by atoms with Crippen molar-refractivity contribution in [3.05, 3.63) is 54.4 Å². The maximum atomic E-state index is 13.9. The van der Waals surface area contributed by atoms with Gasteiger partial charge in [-0.1, -0.05) is 13.8 Å². The van der Waals surface area contributed by atoms with E-state index in [0.29, 0.717) is 36.7 Å². The van der Waals surface area contributed by atoms with Crippen LogP contribution in [0.3, 0.4) is 0 Å². The molecule has 11 heteroatoms. The standard InChI is InChI=1S/C25H35N3O6S.ClH/c1-18(2)17-34-22-6-4-20(5-7-22)24(25(29)27-30)28(16-19-12-14-26-15-13-19)35(31,32)23-10-8-21(33-3)9-11-23;/h8-15,18,20,22,24,30H,4-7,16-17H2,1-3H3,(H,27,29);1H/t20?,22?,24-;/m1./s1. The molecule has 0 saturated heterocycles. The molecule has 2 N–H and O–H groups in total. The number of hydroxylamine groups is 1. The van der Waals surface area contributed by atoms with E-state index in [1.54, 1.807) is 42.1 Å². The third kappa shape index (κ3) is 7.63. The molecule has 2 aromatic rings. The first-order valence-electron chi connectivity index (χ1n) is 11.9. The van der Waals surface area contributed by atoms with Gasteiger partial charge >= 0.3 is 0 Å². The summed E-state index contributed by atoms with van der Waals surface area (Å²) in [4.78, 5) is 17.0. The Morgan fingerprint density at radius 2 is 1.72 bits per heavy atom. The molecule has 1 heterocycles. The number of aromatic nitrogens is 1. The highest BCUT2D eigenvalue weighted by molar-refractivity contribution is 7.89. The summed E-state index contributed by atoms with van der Waals surface area (Å²) in [6, 6.07) is 8.37. The summed E-state index contributed by atoms with van der Waals surface area (Å²) in [6.07, 6.45) is 5.88. The number of carbonyl (C=O) groups excluding carboxylic acids is 1. The zero-order valence-corrected chi connectivity index (χ0v) is 22.5. The molecule has 36 heavy (non-hydrogen) atoms. The van der Waals surface area contributed by atoms with Crippen LogP contribution >= 0.6 is 12.4 Å². The number of amides is 1. The number of nitrogens with zero attached hydrogens (tertiary/aromatic N) is 2. The first-order chi connectivity index (χ1) is 16.8. The van der Waals surface area contributed by atoms with Crippen LogP contribution in [0.1, 0.15) is 45.1 Å². The van der Waals surface area contributed by atoms with Gasteiger partial charge in [0.05, 0.1) is 18.1 Å². The lowest BCUT2D eigenvalue weighted by Gasteiger charge is -2.38. The topological polar surface area (TPSA) is 118 Å². The van der Waals surface area contributed by atoms with E-state index in [2.05, 4.69) is 18.8 Å². The SMILES string of the molecule is COc1ccc(S(=O)(=O)N(Cc2ccncc2)[C@@H](C(=O)NO)C2CCC(OCC(C)C)CC2)cc1.Cl. The van der Waals surface area contributed by atoms with Crippen molar-refractivity contribution < 1.29 is 27.9 Å². The van der Waals surface area contributed by atoms with Crippen molar-refractivity contribution in [3.63, 3.8) is 0 Å². The van der Waals surface area contributed by atoms with Crippen molar-refractivity contribution in [2.45, 2.75) is 63.1 Å². The van der Waals surface area contributed by atoms with Gasteiger partial charge in [-0.3, -0.25) is 15.0 Å². The first-order valence-corrected chi connectivity index (χ1v) is 13.3. The van der Waals surface area contributed by atoms with Gasteiger partial charge in [0, 0.05) is 25.5 Å². The smallest absolute Gasteiger partial charge is 0.262 e. The summed E-state index contributed by atoms with van der Waals surface area (Å²) in [5, 5.41) is 9.58. The minimum absolute atomic E-state index is 0. The van der Waals surface area contributed by atoms with Crippen molar-refractivity contribution in [2.75, 3.05) is 13.7 Å². The van der Waals surface area contributed by atoms with E-state index in [0.717, 1.165) is 12.8 Å². The van der Waals surface area contributed by atoms with Crippen LogP contribution in [0.5, 0.6) is 5.75 Å². The van der Waals surface area contributed by atoms with E-state index < -0.39 is 22.0 Å². The van der Waals surface area contributed by atoms with E-state index in [4.69, 9.17) is 9.47 Å². The molecule has 0 bridgehead atoms. The second kappa shape index (κ2) is 13.9. The quantitative estimate of drug-likeness (QED) is 0.328. The maximum Gasteiger partial charge on any atom is 0.262 e. The number of benzene rings is 1. The number of rotatable bonds is 11. The minimum Gasteiger partial charge on any atom is -0.497 e. The van der Waals surface area contributed by atoms with Gasteiger partial charge in [0.1, 0.15) is 11.8 Å². The van der Waals surface area contributed by atoms with Crippen LogP contribution < -0.4 is 10.2 Å². The highest BCUT2D eigenvalue weighted by Gasteiger charge is 2.42. The minimum atomic E-state index is -4.11. The highest BCUT2D eigenvalue weighted by Crippen LogP contribution is 2.34. The summed E-state index contributed by atoms with van der Waals surface area (Å²) >= 11 is 0. The van der Waals surface area contributed by atoms with Gasteiger partial charge in [0.15, 0.2) is 0 Å². The molecule has 1 saturated carbocycles. The summed E-state index contributed by atoms with van der Waals surface area (Å²) in [6.45, 7) is 4.80. The number of nitrogens with one attached hydrogen (secondary N) is 1. The molecule has 1 fully saturated rings. The monoisotopic (exact) mass is 541 g/mol. The zero-order valence-electron chi connectivity index (χ0n) is 20.9. The Labute approximate surface area is 219 Å². The molecule has 200 valence electrons. The molecule has 0 radical (unpaired) electrons. The molecule has 1 aliphatic carbocycles. The van der Waals surface area contributed by atoms with Crippen molar-refractivity contribution in [1.82, 2.24) is 14.8 Å². The molecular formula is C25H36ClN3O6S. The van der Waals surface area contributed by atoms with Crippen LogP contribution in [-0.4, -0.2) is 54.7 Å². The Kier molecular flexibility index (Phi) is 11.6. The number of ether oxygens (including phenoxy) is 2. The number of methoxy groups -OCH3 is 1. The normalized spacial score (nSPS) is 18.9. The highest BCUT2D eigenvalue weighted by atomic mass is 35.5. The van der Waals surface area contributed by atoms with Crippen LogP contribution in [-0.2, 0) is 26.1 Å².